The van der Waals surface area contributed by atoms with Crippen molar-refractivity contribution in [3.05, 3.63) is 0 Å². The number of hydrogen-bond acceptors (Lipinski definition) is 2. The van der Waals surface area contributed by atoms with Gasteiger partial charge in [-0.15, -0.1) is 0 Å². The minimum absolute atomic E-state index is 0. The van der Waals surface area contributed by atoms with Crippen LogP contribution < -0.4 is 11.5 Å². The predicted octanol–water partition coefficient (Wildman–Crippen LogP) is -0.617. The van der Waals surface area contributed by atoms with Crippen LogP contribution in [0.15, 0.2) is 0 Å². The first-order valence-electron chi connectivity index (χ1n) is 3.11. The molecule has 0 saturated heterocycles. The second-order valence-electron chi connectivity index (χ2n) is 1.64. The van der Waals surface area contributed by atoms with E-state index in [1.165, 1.54) is 0 Å². The SMILES string of the molecule is CCC(N)=O.CCC(N)=O.[Sn]. The molecule has 5 heteroatoms. The molecule has 0 rings (SSSR count). The number of hydrogen-bond donors (Lipinski definition) is 2. The molecule has 0 aromatic rings. The Balaban J connectivity index is -0.000000107. The topological polar surface area (TPSA) is 86.2 Å². The fourth-order valence-corrected chi connectivity index (χ4v) is 0. The number of carbonyl (C=O) groups is 2. The Kier molecular flexibility index (Phi) is 19.2. The van der Waals surface area contributed by atoms with Crippen molar-refractivity contribution in [2.45, 2.75) is 26.7 Å². The van der Waals surface area contributed by atoms with E-state index < -0.39 is 0 Å². The van der Waals surface area contributed by atoms with E-state index in [9.17, 15) is 9.59 Å². The Labute approximate surface area is 83.7 Å². The van der Waals surface area contributed by atoms with Crippen molar-refractivity contribution in [2.75, 3.05) is 0 Å². The summed E-state index contributed by atoms with van der Waals surface area (Å²) < 4.78 is 0. The third-order valence-corrected chi connectivity index (χ3v) is 0.697. The van der Waals surface area contributed by atoms with Crippen molar-refractivity contribution in [2.24, 2.45) is 11.5 Å². The van der Waals surface area contributed by atoms with Crippen molar-refractivity contribution in [1.82, 2.24) is 0 Å². The molecule has 0 heterocycles. The minimum Gasteiger partial charge on any atom is -0.370 e. The molecule has 0 bridgehead atoms. The van der Waals surface area contributed by atoms with Crippen molar-refractivity contribution in [3.63, 3.8) is 0 Å². The van der Waals surface area contributed by atoms with Crippen molar-refractivity contribution in [1.29, 1.82) is 0 Å². The number of nitrogens with two attached hydrogens (primary N) is 2. The summed E-state index contributed by atoms with van der Waals surface area (Å²) in [4.78, 5) is 19.2. The van der Waals surface area contributed by atoms with Crippen LogP contribution in [-0.4, -0.2) is 35.7 Å². The van der Waals surface area contributed by atoms with E-state index in [4.69, 9.17) is 0 Å². The quantitative estimate of drug-likeness (QED) is 0.652. The summed E-state index contributed by atoms with van der Waals surface area (Å²) in [5.41, 5.74) is 9.31. The zero-order valence-corrected chi connectivity index (χ0v) is 9.74. The van der Waals surface area contributed by atoms with E-state index in [-0.39, 0.29) is 35.7 Å². The number of carbonyl (C=O) groups excluding carboxylic acids is 2. The maximum absolute atomic E-state index is 9.59. The molecule has 0 saturated carbocycles. The molecule has 0 aliphatic heterocycles. The van der Waals surface area contributed by atoms with E-state index in [2.05, 4.69) is 11.5 Å². The van der Waals surface area contributed by atoms with Gasteiger partial charge in [-0.05, 0) is 0 Å². The molecule has 0 atom stereocenters. The second kappa shape index (κ2) is 12.4. The molecular formula is C6H14N2O2Sn. The molecule has 0 aliphatic carbocycles. The Bertz CT molecular complexity index is 103. The van der Waals surface area contributed by atoms with Crippen LogP contribution in [0.5, 0.6) is 0 Å². The summed E-state index contributed by atoms with van der Waals surface area (Å²) >= 11 is 0. The molecule has 4 radical (unpaired) electrons. The smallest absolute Gasteiger partial charge is 0.217 e. The fourth-order valence-electron chi connectivity index (χ4n) is 0. The molecule has 0 aromatic carbocycles. The van der Waals surface area contributed by atoms with Gasteiger partial charge in [0.15, 0.2) is 0 Å². The van der Waals surface area contributed by atoms with Gasteiger partial charge in [0.2, 0.25) is 11.8 Å². The molecular weight excluding hydrogens is 251 g/mol. The first-order chi connectivity index (χ1) is 4.54. The largest absolute Gasteiger partial charge is 0.370 e. The molecule has 0 spiro atoms. The molecule has 0 unspecified atom stereocenters. The van der Waals surface area contributed by atoms with Crippen LogP contribution >= 0.6 is 0 Å². The average molecular weight is 265 g/mol. The molecule has 0 aliphatic rings. The number of primary amides is 2. The van der Waals surface area contributed by atoms with Gasteiger partial charge in [0.05, 0.1) is 0 Å². The second-order valence-corrected chi connectivity index (χ2v) is 1.64. The van der Waals surface area contributed by atoms with Crippen LogP contribution in [-0.2, 0) is 9.59 Å². The van der Waals surface area contributed by atoms with E-state index in [0.29, 0.717) is 12.8 Å². The summed E-state index contributed by atoms with van der Waals surface area (Å²) in [5.74, 6) is -0.491. The van der Waals surface area contributed by atoms with E-state index in [0.717, 1.165) is 0 Å². The molecule has 4 N–H and O–H groups in total. The van der Waals surface area contributed by atoms with Gasteiger partial charge in [0.25, 0.3) is 0 Å². The van der Waals surface area contributed by atoms with Gasteiger partial charge in [-0.25, -0.2) is 0 Å². The van der Waals surface area contributed by atoms with E-state index in [1.807, 2.05) is 0 Å². The Morgan fingerprint density at radius 3 is 1.09 bits per heavy atom. The van der Waals surface area contributed by atoms with Crippen molar-refractivity contribution >= 4 is 35.7 Å². The molecule has 0 aromatic heterocycles. The molecule has 0 fully saturated rings. The monoisotopic (exact) mass is 266 g/mol. The van der Waals surface area contributed by atoms with Crippen LogP contribution in [0.1, 0.15) is 26.7 Å². The van der Waals surface area contributed by atoms with Crippen LogP contribution in [0.2, 0.25) is 0 Å². The minimum atomic E-state index is -0.245. The first-order valence-corrected chi connectivity index (χ1v) is 3.11. The zero-order chi connectivity index (χ0) is 8.57. The Morgan fingerprint density at radius 2 is 1.09 bits per heavy atom. The van der Waals surface area contributed by atoms with Gasteiger partial charge >= 0.3 is 0 Å². The van der Waals surface area contributed by atoms with Gasteiger partial charge in [0.1, 0.15) is 0 Å². The fraction of sp³-hybridized carbons (Fsp3) is 0.667. The molecule has 64 valence electrons. The predicted molar refractivity (Wildman–Crippen MR) is 44.7 cm³/mol. The normalized spacial score (nSPS) is 6.73. The van der Waals surface area contributed by atoms with Crippen molar-refractivity contribution < 1.29 is 9.59 Å². The maximum Gasteiger partial charge on any atom is 0.217 e. The average Bonchev–Trinajstić information content (AvgIpc) is 1.89. The van der Waals surface area contributed by atoms with Crippen molar-refractivity contribution in [3.8, 4) is 0 Å². The van der Waals surface area contributed by atoms with Gasteiger partial charge in [-0.3, -0.25) is 9.59 Å². The number of amides is 2. The summed E-state index contributed by atoms with van der Waals surface area (Å²) in [6.45, 7) is 3.45. The van der Waals surface area contributed by atoms with Gasteiger partial charge in [-0.2, -0.15) is 0 Å². The standard InChI is InChI=1S/2C3H7NO.Sn/c2*1-2-3(4)5;/h2*2H2,1H3,(H2,4,5);. The van der Waals surface area contributed by atoms with E-state index >= 15 is 0 Å². The Hall–Kier alpha value is -0.261. The molecule has 4 nitrogen and oxygen atoms in total. The summed E-state index contributed by atoms with van der Waals surface area (Å²) in [7, 11) is 0. The van der Waals surface area contributed by atoms with Gasteiger partial charge < -0.3 is 11.5 Å². The maximum atomic E-state index is 9.59. The van der Waals surface area contributed by atoms with Crippen LogP contribution in [0.3, 0.4) is 0 Å². The summed E-state index contributed by atoms with van der Waals surface area (Å²) in [5, 5.41) is 0. The zero-order valence-electron chi connectivity index (χ0n) is 6.89. The third-order valence-electron chi connectivity index (χ3n) is 0.697. The van der Waals surface area contributed by atoms with E-state index in [1.54, 1.807) is 13.8 Å². The van der Waals surface area contributed by atoms with Crippen LogP contribution in [0.4, 0.5) is 0 Å². The Morgan fingerprint density at radius 1 is 1.00 bits per heavy atom. The van der Waals surface area contributed by atoms with Crippen LogP contribution in [0.25, 0.3) is 0 Å². The summed E-state index contributed by atoms with van der Waals surface area (Å²) in [6, 6.07) is 0. The van der Waals surface area contributed by atoms with Crippen LogP contribution in [0, 0.1) is 0 Å². The molecule has 2 amide bonds. The van der Waals surface area contributed by atoms with Gasteiger partial charge in [0, 0.05) is 36.7 Å². The summed E-state index contributed by atoms with van der Waals surface area (Å²) in [6.07, 6.45) is 0.889. The molecule has 11 heavy (non-hydrogen) atoms. The van der Waals surface area contributed by atoms with Gasteiger partial charge in [-0.1, -0.05) is 13.8 Å². The number of rotatable bonds is 2. The third kappa shape index (κ3) is 41.7. The first kappa shape index (κ1) is 17.0.